The fraction of sp³-hybridized carbons (Fsp3) is 0.500. The molecule has 0 aromatic heterocycles. The Hall–Kier alpha value is -1.39. The molecule has 1 aromatic carbocycles. The lowest BCUT2D eigenvalue weighted by Crippen LogP contribution is -2.36. The normalized spacial score (nSPS) is 26.4. The highest BCUT2D eigenvalue weighted by molar-refractivity contribution is 5.81. The van der Waals surface area contributed by atoms with Gasteiger partial charge in [-0.25, -0.2) is 0 Å². The topological polar surface area (TPSA) is 55.6 Å². The fourth-order valence-electron chi connectivity index (χ4n) is 2.75. The summed E-state index contributed by atoms with van der Waals surface area (Å²) in [4.78, 5) is 14.2. The Labute approximate surface area is 107 Å². The molecular formula is C14H18N2O2. The van der Waals surface area contributed by atoms with Crippen molar-refractivity contribution in [2.75, 3.05) is 6.54 Å². The summed E-state index contributed by atoms with van der Waals surface area (Å²) < 4.78 is 5.67. The summed E-state index contributed by atoms with van der Waals surface area (Å²) in [5.74, 6) is 0.113. The van der Waals surface area contributed by atoms with Crippen molar-refractivity contribution in [1.82, 2.24) is 4.90 Å². The Morgan fingerprint density at radius 2 is 1.94 bits per heavy atom. The molecule has 0 saturated carbocycles. The van der Waals surface area contributed by atoms with Crippen LogP contribution in [0.2, 0.25) is 0 Å². The number of nitrogens with two attached hydrogens (primary N) is 1. The van der Waals surface area contributed by atoms with Crippen LogP contribution >= 0.6 is 0 Å². The van der Waals surface area contributed by atoms with Gasteiger partial charge in [0.2, 0.25) is 0 Å². The zero-order valence-corrected chi connectivity index (χ0v) is 10.3. The highest BCUT2D eigenvalue weighted by atomic mass is 16.5. The van der Waals surface area contributed by atoms with E-state index in [1.54, 1.807) is 0 Å². The lowest BCUT2D eigenvalue weighted by molar-refractivity contribution is -0.143. The Bertz CT molecular complexity index is 436. The van der Waals surface area contributed by atoms with Crippen LogP contribution < -0.4 is 5.73 Å². The number of fused-ring (bicyclic) bond motifs is 1. The van der Waals surface area contributed by atoms with Gasteiger partial charge < -0.3 is 15.4 Å². The summed E-state index contributed by atoms with van der Waals surface area (Å²) >= 11 is 0. The van der Waals surface area contributed by atoms with Gasteiger partial charge in [0.1, 0.15) is 6.10 Å². The van der Waals surface area contributed by atoms with E-state index < -0.39 is 0 Å². The third-order valence-corrected chi connectivity index (χ3v) is 3.80. The van der Waals surface area contributed by atoms with Crippen LogP contribution in [0, 0.1) is 0 Å². The number of ether oxygens (including phenoxy) is 1. The van der Waals surface area contributed by atoms with Gasteiger partial charge in [-0.1, -0.05) is 24.3 Å². The number of carbonyl (C=O) groups excluding carboxylic acids is 1. The molecule has 0 bridgehead atoms. The van der Waals surface area contributed by atoms with Gasteiger partial charge in [0.25, 0.3) is 5.91 Å². The van der Waals surface area contributed by atoms with E-state index in [4.69, 9.17) is 10.5 Å². The summed E-state index contributed by atoms with van der Waals surface area (Å²) in [6.45, 7) is 1.92. The molecule has 2 atom stereocenters. The molecule has 2 N–H and O–H groups in total. The minimum atomic E-state index is -0.284. The Kier molecular flexibility index (Phi) is 3.06. The van der Waals surface area contributed by atoms with Crippen molar-refractivity contribution in [3.8, 4) is 0 Å². The minimum absolute atomic E-state index is 0.0592. The second kappa shape index (κ2) is 4.71. The number of carbonyl (C=O) groups is 1. The molecule has 96 valence electrons. The fourth-order valence-corrected chi connectivity index (χ4v) is 2.75. The first kappa shape index (κ1) is 11.7. The van der Waals surface area contributed by atoms with Crippen LogP contribution in [-0.2, 0) is 22.6 Å². The molecule has 2 aliphatic heterocycles. The summed E-state index contributed by atoms with van der Waals surface area (Å²) in [6.07, 6.45) is 1.47. The molecule has 1 aromatic rings. The molecule has 1 amide bonds. The standard InChI is InChI=1S/C14H18N2O2/c15-7-12-5-6-13(18-12)14(17)16-8-10-3-1-2-4-11(10)9-16/h1-4,12-13H,5-9,15H2/t12-,13+/m1/s1. The summed E-state index contributed by atoms with van der Waals surface area (Å²) in [6, 6.07) is 8.20. The average Bonchev–Trinajstić information content (AvgIpc) is 3.04. The average molecular weight is 246 g/mol. The van der Waals surface area contributed by atoms with Gasteiger partial charge in [-0.3, -0.25) is 4.79 Å². The third kappa shape index (κ3) is 2.02. The molecule has 2 aliphatic rings. The van der Waals surface area contributed by atoms with E-state index in [0.29, 0.717) is 19.6 Å². The zero-order chi connectivity index (χ0) is 12.5. The van der Waals surface area contributed by atoms with E-state index >= 15 is 0 Å². The van der Waals surface area contributed by atoms with Crippen molar-refractivity contribution >= 4 is 5.91 Å². The smallest absolute Gasteiger partial charge is 0.252 e. The molecule has 0 aliphatic carbocycles. The Morgan fingerprint density at radius 1 is 1.28 bits per heavy atom. The Morgan fingerprint density at radius 3 is 2.50 bits per heavy atom. The maximum absolute atomic E-state index is 12.3. The van der Waals surface area contributed by atoms with Crippen LogP contribution in [0.15, 0.2) is 24.3 Å². The second-order valence-corrected chi connectivity index (χ2v) is 5.02. The van der Waals surface area contributed by atoms with E-state index in [-0.39, 0.29) is 18.1 Å². The molecular weight excluding hydrogens is 228 g/mol. The molecule has 0 radical (unpaired) electrons. The number of hydrogen-bond acceptors (Lipinski definition) is 3. The quantitative estimate of drug-likeness (QED) is 0.848. The van der Waals surface area contributed by atoms with Crippen LogP contribution in [0.25, 0.3) is 0 Å². The van der Waals surface area contributed by atoms with E-state index in [2.05, 4.69) is 12.1 Å². The number of nitrogens with zero attached hydrogens (tertiary/aromatic N) is 1. The first-order valence-electron chi connectivity index (χ1n) is 6.49. The molecule has 4 heteroatoms. The van der Waals surface area contributed by atoms with Gasteiger partial charge in [0.05, 0.1) is 6.10 Å². The highest BCUT2D eigenvalue weighted by Crippen LogP contribution is 2.26. The van der Waals surface area contributed by atoms with Crippen molar-refractivity contribution in [3.05, 3.63) is 35.4 Å². The first-order chi connectivity index (χ1) is 8.78. The molecule has 4 nitrogen and oxygen atoms in total. The molecule has 1 saturated heterocycles. The van der Waals surface area contributed by atoms with E-state index in [9.17, 15) is 4.79 Å². The summed E-state index contributed by atoms with van der Waals surface area (Å²) in [5.41, 5.74) is 8.07. The minimum Gasteiger partial charge on any atom is -0.364 e. The van der Waals surface area contributed by atoms with E-state index in [1.807, 2.05) is 17.0 Å². The van der Waals surface area contributed by atoms with Gasteiger partial charge in [0.15, 0.2) is 0 Å². The van der Waals surface area contributed by atoms with Crippen LogP contribution in [0.3, 0.4) is 0 Å². The Balaban J connectivity index is 1.66. The van der Waals surface area contributed by atoms with Gasteiger partial charge in [-0.15, -0.1) is 0 Å². The first-order valence-corrected chi connectivity index (χ1v) is 6.49. The molecule has 1 fully saturated rings. The lowest BCUT2D eigenvalue weighted by atomic mass is 10.1. The largest absolute Gasteiger partial charge is 0.364 e. The molecule has 18 heavy (non-hydrogen) atoms. The van der Waals surface area contributed by atoms with Gasteiger partial charge in [-0.2, -0.15) is 0 Å². The van der Waals surface area contributed by atoms with E-state index in [0.717, 1.165) is 12.8 Å². The van der Waals surface area contributed by atoms with Crippen molar-refractivity contribution < 1.29 is 9.53 Å². The van der Waals surface area contributed by atoms with Gasteiger partial charge in [-0.05, 0) is 24.0 Å². The van der Waals surface area contributed by atoms with Crippen LogP contribution in [-0.4, -0.2) is 29.6 Å². The summed E-state index contributed by atoms with van der Waals surface area (Å²) in [7, 11) is 0. The maximum atomic E-state index is 12.3. The number of hydrogen-bond donors (Lipinski definition) is 1. The maximum Gasteiger partial charge on any atom is 0.252 e. The van der Waals surface area contributed by atoms with Crippen molar-refractivity contribution in [2.24, 2.45) is 5.73 Å². The molecule has 2 heterocycles. The SMILES string of the molecule is NC[C@H]1CC[C@@H](C(=O)N2Cc3ccccc3C2)O1. The monoisotopic (exact) mass is 246 g/mol. The van der Waals surface area contributed by atoms with Crippen LogP contribution in [0.1, 0.15) is 24.0 Å². The third-order valence-electron chi connectivity index (χ3n) is 3.80. The van der Waals surface area contributed by atoms with E-state index in [1.165, 1.54) is 11.1 Å². The highest BCUT2D eigenvalue weighted by Gasteiger charge is 2.34. The number of benzene rings is 1. The molecule has 3 rings (SSSR count). The molecule has 0 unspecified atom stereocenters. The van der Waals surface area contributed by atoms with Crippen molar-refractivity contribution in [3.63, 3.8) is 0 Å². The second-order valence-electron chi connectivity index (χ2n) is 5.02. The van der Waals surface area contributed by atoms with Gasteiger partial charge >= 0.3 is 0 Å². The van der Waals surface area contributed by atoms with Crippen LogP contribution in [0.5, 0.6) is 0 Å². The molecule has 0 spiro atoms. The van der Waals surface area contributed by atoms with Crippen molar-refractivity contribution in [1.29, 1.82) is 0 Å². The number of rotatable bonds is 2. The summed E-state index contributed by atoms with van der Waals surface area (Å²) in [5, 5.41) is 0. The van der Waals surface area contributed by atoms with Gasteiger partial charge in [0, 0.05) is 19.6 Å². The number of amides is 1. The predicted molar refractivity (Wildman–Crippen MR) is 67.6 cm³/mol. The predicted octanol–water partition coefficient (Wildman–Crippen LogP) is 1.04. The van der Waals surface area contributed by atoms with Crippen molar-refractivity contribution in [2.45, 2.75) is 38.1 Å². The van der Waals surface area contributed by atoms with Crippen LogP contribution in [0.4, 0.5) is 0 Å². The lowest BCUT2D eigenvalue weighted by Gasteiger charge is -2.20. The zero-order valence-electron chi connectivity index (χ0n) is 10.3.